The summed E-state index contributed by atoms with van der Waals surface area (Å²) in [6.45, 7) is 5.27. The van der Waals surface area contributed by atoms with Crippen LogP contribution in [0.3, 0.4) is 0 Å². The summed E-state index contributed by atoms with van der Waals surface area (Å²) in [5.74, 6) is 0.387. The van der Waals surface area contributed by atoms with Crippen molar-refractivity contribution in [2.24, 2.45) is 5.92 Å². The van der Waals surface area contributed by atoms with Crippen molar-refractivity contribution < 1.29 is 22.7 Å². The van der Waals surface area contributed by atoms with E-state index in [0.717, 1.165) is 44.6 Å². The van der Waals surface area contributed by atoms with Gasteiger partial charge in [0.05, 0.1) is 18.4 Å². The van der Waals surface area contributed by atoms with E-state index in [1.807, 2.05) is 0 Å². The molecule has 0 saturated carbocycles. The lowest BCUT2D eigenvalue weighted by atomic mass is 9.93. The van der Waals surface area contributed by atoms with Crippen molar-refractivity contribution in [1.82, 2.24) is 9.88 Å². The Hall–Kier alpha value is -2.81. The van der Waals surface area contributed by atoms with Gasteiger partial charge in [-0.25, -0.2) is 4.98 Å². The van der Waals surface area contributed by atoms with Gasteiger partial charge in [-0.15, -0.1) is 0 Å². The van der Waals surface area contributed by atoms with Crippen molar-refractivity contribution in [3.05, 3.63) is 47.7 Å². The van der Waals surface area contributed by atoms with E-state index in [4.69, 9.17) is 4.74 Å². The number of nitrogens with one attached hydrogen (secondary N) is 1. The fourth-order valence-corrected chi connectivity index (χ4v) is 4.99. The monoisotopic (exact) mass is 490 g/mol. The number of amides is 1. The van der Waals surface area contributed by atoms with Gasteiger partial charge in [0.2, 0.25) is 0 Å². The number of likely N-dealkylation sites (tertiary alicyclic amines) is 1. The summed E-state index contributed by atoms with van der Waals surface area (Å²) >= 11 is 0. The number of rotatable bonds is 7. The first-order valence-electron chi connectivity index (χ1n) is 12.3. The summed E-state index contributed by atoms with van der Waals surface area (Å²) in [5, 5.41) is 2.76. The average Bonchev–Trinajstić information content (AvgIpc) is 2.88. The Bertz CT molecular complexity index is 1000. The maximum Gasteiger partial charge on any atom is 0.419 e. The van der Waals surface area contributed by atoms with E-state index in [1.54, 1.807) is 18.3 Å². The number of halogens is 3. The lowest BCUT2D eigenvalue weighted by Gasteiger charge is -2.35. The molecule has 9 heteroatoms. The largest absolute Gasteiger partial charge is 0.496 e. The highest BCUT2D eigenvalue weighted by Gasteiger charge is 2.35. The van der Waals surface area contributed by atoms with Crippen LogP contribution in [-0.2, 0) is 6.18 Å². The van der Waals surface area contributed by atoms with Crippen molar-refractivity contribution in [2.45, 2.75) is 44.7 Å². The third-order valence-corrected chi connectivity index (χ3v) is 7.02. The molecule has 1 amide bonds. The molecule has 3 heterocycles. The normalized spacial score (nSPS) is 17.9. The van der Waals surface area contributed by atoms with Gasteiger partial charge in [0.15, 0.2) is 5.82 Å². The Kier molecular flexibility index (Phi) is 8.15. The van der Waals surface area contributed by atoms with Gasteiger partial charge in [0.25, 0.3) is 5.91 Å². The minimum absolute atomic E-state index is 0.0932. The topological polar surface area (TPSA) is 57.7 Å². The summed E-state index contributed by atoms with van der Waals surface area (Å²) in [7, 11) is 1.17. The van der Waals surface area contributed by atoms with Crippen LogP contribution in [0.4, 0.5) is 24.7 Å². The number of piperidine rings is 2. The second-order valence-electron chi connectivity index (χ2n) is 9.36. The van der Waals surface area contributed by atoms with Gasteiger partial charge in [0.1, 0.15) is 5.75 Å². The van der Waals surface area contributed by atoms with Crippen molar-refractivity contribution in [2.75, 3.05) is 50.1 Å². The Morgan fingerprint density at radius 3 is 2.54 bits per heavy atom. The summed E-state index contributed by atoms with van der Waals surface area (Å²) in [6.07, 6.45) is 4.33. The van der Waals surface area contributed by atoms with Crippen molar-refractivity contribution in [1.29, 1.82) is 0 Å². The molecular formula is C26H33F3N4O2. The highest BCUT2D eigenvalue weighted by Crippen LogP contribution is 2.37. The van der Waals surface area contributed by atoms with Crippen LogP contribution in [-0.4, -0.2) is 55.6 Å². The Labute approximate surface area is 204 Å². The molecule has 2 aromatic rings. The number of aromatic nitrogens is 1. The van der Waals surface area contributed by atoms with E-state index in [-0.39, 0.29) is 11.3 Å². The van der Waals surface area contributed by atoms with E-state index in [2.05, 4.69) is 20.1 Å². The first-order chi connectivity index (χ1) is 16.8. The van der Waals surface area contributed by atoms with Gasteiger partial charge in [0, 0.05) is 24.8 Å². The maximum absolute atomic E-state index is 13.4. The molecule has 0 atom stereocenters. The Morgan fingerprint density at radius 1 is 1.11 bits per heavy atom. The predicted octanol–water partition coefficient (Wildman–Crippen LogP) is 5.45. The number of hydrogen-bond acceptors (Lipinski definition) is 5. The van der Waals surface area contributed by atoms with Crippen LogP contribution in [0.2, 0.25) is 0 Å². The highest BCUT2D eigenvalue weighted by molar-refractivity contribution is 6.05. The number of methoxy groups -OCH3 is 1. The highest BCUT2D eigenvalue weighted by atomic mass is 19.4. The van der Waals surface area contributed by atoms with Crippen molar-refractivity contribution in [3.8, 4) is 5.75 Å². The molecule has 35 heavy (non-hydrogen) atoms. The molecule has 2 aliphatic rings. The van der Waals surface area contributed by atoms with E-state index in [0.29, 0.717) is 17.4 Å². The Morgan fingerprint density at radius 2 is 1.86 bits per heavy atom. The van der Waals surface area contributed by atoms with Gasteiger partial charge in [-0.05, 0) is 88.0 Å². The fraction of sp³-hybridized carbons (Fsp3) is 0.538. The van der Waals surface area contributed by atoms with Gasteiger partial charge >= 0.3 is 6.18 Å². The van der Waals surface area contributed by atoms with Gasteiger partial charge in [-0.2, -0.15) is 13.2 Å². The molecule has 190 valence electrons. The molecule has 0 spiro atoms. The molecule has 1 N–H and O–H groups in total. The number of nitrogens with zero attached hydrogens (tertiary/aromatic N) is 3. The number of carbonyl (C=O) groups excluding carboxylic acids is 1. The summed E-state index contributed by atoms with van der Waals surface area (Å²) in [5.41, 5.74) is -0.580. The summed E-state index contributed by atoms with van der Waals surface area (Å²) in [4.78, 5) is 22.1. The second-order valence-corrected chi connectivity index (χ2v) is 9.36. The molecule has 0 aliphatic carbocycles. The number of pyridine rings is 1. The summed E-state index contributed by atoms with van der Waals surface area (Å²) < 4.78 is 44.9. The average molecular weight is 491 g/mol. The fourth-order valence-electron chi connectivity index (χ4n) is 4.99. The molecule has 0 bridgehead atoms. The predicted molar refractivity (Wildman–Crippen MR) is 130 cm³/mol. The van der Waals surface area contributed by atoms with Crippen LogP contribution in [0, 0.1) is 5.92 Å². The lowest BCUT2D eigenvalue weighted by Crippen LogP contribution is -2.37. The SMILES string of the molecule is COc1ccc(C(=O)Nc2cccnc2N2CCC(CCN3CCCCC3)CC2)cc1C(F)(F)F. The number of hydrogen-bond donors (Lipinski definition) is 1. The quantitative estimate of drug-likeness (QED) is 0.559. The third-order valence-electron chi connectivity index (χ3n) is 7.02. The van der Waals surface area contributed by atoms with E-state index in [1.165, 1.54) is 51.9 Å². The van der Waals surface area contributed by atoms with Crippen LogP contribution in [0.5, 0.6) is 5.75 Å². The van der Waals surface area contributed by atoms with Crippen molar-refractivity contribution in [3.63, 3.8) is 0 Å². The zero-order chi connectivity index (χ0) is 24.8. The van der Waals surface area contributed by atoms with Gasteiger partial charge in [-0.1, -0.05) is 6.42 Å². The maximum atomic E-state index is 13.4. The van der Waals surface area contributed by atoms with Crippen LogP contribution in [0.15, 0.2) is 36.5 Å². The standard InChI is InChI=1S/C26H33F3N4O2/c1-35-23-8-7-20(18-21(23)26(27,28)29)25(34)31-22-6-5-12-30-24(22)33-16-10-19(11-17-33)9-15-32-13-3-2-4-14-32/h5-8,12,18-19H,2-4,9-11,13-17H2,1H3,(H,31,34). The number of anilines is 2. The van der Waals surface area contributed by atoms with Crippen LogP contribution in [0.25, 0.3) is 0 Å². The molecule has 2 aliphatic heterocycles. The molecule has 1 aromatic carbocycles. The molecule has 2 fully saturated rings. The minimum atomic E-state index is -4.63. The molecule has 0 unspecified atom stereocenters. The number of carbonyl (C=O) groups is 1. The number of benzene rings is 1. The molecular weight excluding hydrogens is 457 g/mol. The Balaban J connectivity index is 1.38. The molecule has 1 aromatic heterocycles. The second kappa shape index (κ2) is 11.3. The smallest absolute Gasteiger partial charge is 0.419 e. The molecule has 4 rings (SSSR count). The van der Waals surface area contributed by atoms with E-state index < -0.39 is 17.6 Å². The van der Waals surface area contributed by atoms with Crippen LogP contribution < -0.4 is 15.0 Å². The lowest BCUT2D eigenvalue weighted by molar-refractivity contribution is -0.138. The molecule has 6 nitrogen and oxygen atoms in total. The first kappa shape index (κ1) is 25.3. The van der Waals surface area contributed by atoms with Gasteiger partial charge < -0.3 is 19.9 Å². The zero-order valence-corrected chi connectivity index (χ0v) is 20.1. The van der Waals surface area contributed by atoms with Crippen LogP contribution in [0.1, 0.15) is 54.4 Å². The van der Waals surface area contributed by atoms with Gasteiger partial charge in [-0.3, -0.25) is 4.79 Å². The molecule has 0 radical (unpaired) electrons. The van der Waals surface area contributed by atoms with Crippen molar-refractivity contribution >= 4 is 17.4 Å². The minimum Gasteiger partial charge on any atom is -0.496 e. The number of alkyl halides is 3. The van der Waals surface area contributed by atoms with Crippen LogP contribution >= 0.6 is 0 Å². The third kappa shape index (κ3) is 6.45. The molecule has 2 saturated heterocycles. The van der Waals surface area contributed by atoms with E-state index >= 15 is 0 Å². The summed E-state index contributed by atoms with van der Waals surface area (Å²) in [6, 6.07) is 6.75. The first-order valence-corrected chi connectivity index (χ1v) is 12.3. The number of ether oxygens (including phenoxy) is 1. The van der Waals surface area contributed by atoms with E-state index in [9.17, 15) is 18.0 Å². The zero-order valence-electron chi connectivity index (χ0n) is 20.1.